The van der Waals surface area contributed by atoms with Gasteiger partial charge < -0.3 is 4.90 Å². The van der Waals surface area contributed by atoms with Crippen molar-refractivity contribution in [3.8, 4) is 0 Å². The Morgan fingerprint density at radius 3 is 2.62 bits per heavy atom. The van der Waals surface area contributed by atoms with Crippen LogP contribution in [-0.4, -0.2) is 29.4 Å². The van der Waals surface area contributed by atoms with Gasteiger partial charge in [0.25, 0.3) is 0 Å². The molecular formula is C13H18N2O. The Morgan fingerprint density at radius 2 is 2.19 bits per heavy atom. The lowest BCUT2D eigenvalue weighted by Gasteiger charge is -2.11. The van der Waals surface area contributed by atoms with E-state index in [9.17, 15) is 4.79 Å². The normalized spacial score (nSPS) is 20.9. The molecule has 2 rings (SSSR count). The summed E-state index contributed by atoms with van der Waals surface area (Å²) in [6.45, 7) is 5.13. The Labute approximate surface area is 96.5 Å². The number of rotatable bonds is 2. The first-order valence-electron chi connectivity index (χ1n) is 5.80. The smallest absolute Gasteiger partial charge is 0.231 e. The van der Waals surface area contributed by atoms with Crippen molar-refractivity contribution in [3.63, 3.8) is 0 Å². The molecule has 0 bridgehead atoms. The van der Waals surface area contributed by atoms with E-state index in [0.29, 0.717) is 5.92 Å². The number of amides is 1. The first kappa shape index (κ1) is 11.1. The van der Waals surface area contributed by atoms with E-state index in [2.05, 4.69) is 24.9 Å². The van der Waals surface area contributed by atoms with Gasteiger partial charge in [0, 0.05) is 19.8 Å². The predicted octanol–water partition coefficient (Wildman–Crippen LogP) is 2.15. The van der Waals surface area contributed by atoms with Crippen LogP contribution in [0, 0.1) is 0 Å². The average molecular weight is 218 g/mol. The van der Waals surface area contributed by atoms with Crippen LogP contribution in [0.3, 0.4) is 0 Å². The van der Waals surface area contributed by atoms with Crippen LogP contribution < -0.4 is 0 Å². The van der Waals surface area contributed by atoms with Crippen molar-refractivity contribution >= 4 is 5.91 Å². The van der Waals surface area contributed by atoms with Gasteiger partial charge in [-0.25, -0.2) is 0 Å². The van der Waals surface area contributed by atoms with Crippen molar-refractivity contribution in [1.29, 1.82) is 0 Å². The minimum absolute atomic E-state index is 0.0220. The van der Waals surface area contributed by atoms with E-state index in [4.69, 9.17) is 0 Å². The molecule has 1 amide bonds. The number of hydrogen-bond acceptors (Lipinski definition) is 2. The first-order chi connectivity index (χ1) is 7.59. The SMILES string of the molecule is CC(C)c1ccc(C2CCN(C)C2=O)nc1. The quantitative estimate of drug-likeness (QED) is 0.762. The number of pyridine rings is 1. The van der Waals surface area contributed by atoms with Crippen molar-refractivity contribution in [2.75, 3.05) is 13.6 Å². The van der Waals surface area contributed by atoms with Gasteiger partial charge in [-0.3, -0.25) is 9.78 Å². The van der Waals surface area contributed by atoms with Crippen molar-refractivity contribution < 1.29 is 4.79 Å². The summed E-state index contributed by atoms with van der Waals surface area (Å²) >= 11 is 0. The number of carbonyl (C=O) groups is 1. The maximum atomic E-state index is 11.8. The molecular weight excluding hydrogens is 200 g/mol. The van der Waals surface area contributed by atoms with E-state index in [1.54, 1.807) is 4.90 Å². The van der Waals surface area contributed by atoms with E-state index in [1.807, 2.05) is 19.3 Å². The fraction of sp³-hybridized carbons (Fsp3) is 0.538. The predicted molar refractivity (Wildman–Crippen MR) is 63.3 cm³/mol. The van der Waals surface area contributed by atoms with Gasteiger partial charge in [0.05, 0.1) is 11.6 Å². The highest BCUT2D eigenvalue weighted by atomic mass is 16.2. The Morgan fingerprint density at radius 1 is 1.44 bits per heavy atom. The van der Waals surface area contributed by atoms with Crippen LogP contribution in [0.1, 0.15) is 43.4 Å². The largest absolute Gasteiger partial charge is 0.345 e. The Kier molecular flexibility index (Phi) is 2.95. The van der Waals surface area contributed by atoms with Gasteiger partial charge in [-0.05, 0) is 24.0 Å². The summed E-state index contributed by atoms with van der Waals surface area (Å²) in [7, 11) is 1.85. The Hall–Kier alpha value is -1.38. The van der Waals surface area contributed by atoms with Crippen molar-refractivity contribution in [3.05, 3.63) is 29.6 Å². The summed E-state index contributed by atoms with van der Waals surface area (Å²) < 4.78 is 0. The zero-order valence-electron chi connectivity index (χ0n) is 10.1. The summed E-state index contributed by atoms with van der Waals surface area (Å²) in [6.07, 6.45) is 2.79. The van der Waals surface area contributed by atoms with Crippen LogP contribution >= 0.6 is 0 Å². The number of aromatic nitrogens is 1. The van der Waals surface area contributed by atoms with Gasteiger partial charge >= 0.3 is 0 Å². The number of carbonyl (C=O) groups excluding carboxylic acids is 1. The summed E-state index contributed by atoms with van der Waals surface area (Å²) in [5.74, 6) is 0.666. The Bertz CT molecular complexity index is 383. The van der Waals surface area contributed by atoms with Gasteiger partial charge in [-0.2, -0.15) is 0 Å². The van der Waals surface area contributed by atoms with Crippen LogP contribution in [0.2, 0.25) is 0 Å². The highest BCUT2D eigenvalue weighted by Crippen LogP contribution is 2.26. The molecule has 1 aromatic rings. The van der Waals surface area contributed by atoms with Gasteiger partial charge in [-0.15, -0.1) is 0 Å². The second-order valence-corrected chi connectivity index (χ2v) is 4.77. The van der Waals surface area contributed by atoms with Crippen LogP contribution in [0.15, 0.2) is 18.3 Å². The fourth-order valence-electron chi connectivity index (χ4n) is 2.06. The van der Waals surface area contributed by atoms with E-state index < -0.39 is 0 Å². The molecule has 3 heteroatoms. The zero-order valence-corrected chi connectivity index (χ0v) is 10.1. The Balaban J connectivity index is 2.19. The minimum Gasteiger partial charge on any atom is -0.345 e. The molecule has 16 heavy (non-hydrogen) atoms. The van der Waals surface area contributed by atoms with Crippen LogP contribution in [0.4, 0.5) is 0 Å². The monoisotopic (exact) mass is 218 g/mol. The molecule has 1 aliphatic heterocycles. The first-order valence-corrected chi connectivity index (χ1v) is 5.80. The number of likely N-dealkylation sites (N-methyl/N-ethyl adjacent to an activating group) is 1. The number of nitrogens with zero attached hydrogens (tertiary/aromatic N) is 2. The zero-order chi connectivity index (χ0) is 11.7. The maximum absolute atomic E-state index is 11.8. The van der Waals surface area contributed by atoms with Crippen molar-refractivity contribution in [2.45, 2.75) is 32.1 Å². The second kappa shape index (κ2) is 4.24. The van der Waals surface area contributed by atoms with Crippen LogP contribution in [-0.2, 0) is 4.79 Å². The summed E-state index contributed by atoms with van der Waals surface area (Å²) in [4.78, 5) is 18.0. The molecule has 1 unspecified atom stereocenters. The highest BCUT2D eigenvalue weighted by molar-refractivity contribution is 5.85. The van der Waals surface area contributed by atoms with Gasteiger partial charge in [0.2, 0.25) is 5.91 Å². The molecule has 3 nitrogen and oxygen atoms in total. The summed E-state index contributed by atoms with van der Waals surface area (Å²) in [6, 6.07) is 4.08. The molecule has 0 aromatic carbocycles. The van der Waals surface area contributed by atoms with Crippen molar-refractivity contribution in [1.82, 2.24) is 9.88 Å². The van der Waals surface area contributed by atoms with E-state index >= 15 is 0 Å². The van der Waals surface area contributed by atoms with E-state index in [1.165, 1.54) is 5.56 Å². The fourth-order valence-corrected chi connectivity index (χ4v) is 2.06. The molecule has 0 radical (unpaired) electrons. The third-order valence-electron chi connectivity index (χ3n) is 3.26. The van der Waals surface area contributed by atoms with Gasteiger partial charge in [0.1, 0.15) is 0 Å². The third-order valence-corrected chi connectivity index (χ3v) is 3.26. The minimum atomic E-state index is -0.0220. The highest BCUT2D eigenvalue weighted by Gasteiger charge is 2.31. The molecule has 1 aromatic heterocycles. The molecule has 1 aliphatic rings. The standard InChI is InChI=1S/C13H18N2O/c1-9(2)10-4-5-12(14-8-10)11-6-7-15(3)13(11)16/h4-5,8-9,11H,6-7H2,1-3H3. The van der Waals surface area contributed by atoms with Crippen molar-refractivity contribution in [2.24, 2.45) is 0 Å². The molecule has 1 fully saturated rings. The lowest BCUT2D eigenvalue weighted by Crippen LogP contribution is -2.22. The molecule has 0 saturated carbocycles. The topological polar surface area (TPSA) is 33.2 Å². The molecule has 0 aliphatic carbocycles. The molecule has 0 spiro atoms. The number of hydrogen-bond donors (Lipinski definition) is 0. The lowest BCUT2D eigenvalue weighted by atomic mass is 10.0. The average Bonchev–Trinajstić information content (AvgIpc) is 2.60. The molecule has 1 atom stereocenters. The molecule has 0 N–H and O–H groups in total. The maximum Gasteiger partial charge on any atom is 0.231 e. The number of likely N-dealkylation sites (tertiary alicyclic amines) is 1. The van der Waals surface area contributed by atoms with Crippen LogP contribution in [0.25, 0.3) is 0 Å². The molecule has 86 valence electrons. The lowest BCUT2D eigenvalue weighted by molar-refractivity contribution is -0.127. The third kappa shape index (κ3) is 1.94. The van der Waals surface area contributed by atoms with E-state index in [0.717, 1.165) is 18.7 Å². The molecule has 2 heterocycles. The van der Waals surface area contributed by atoms with Crippen LogP contribution in [0.5, 0.6) is 0 Å². The van der Waals surface area contributed by atoms with Gasteiger partial charge in [0.15, 0.2) is 0 Å². The summed E-state index contributed by atoms with van der Waals surface area (Å²) in [5.41, 5.74) is 2.14. The molecule has 1 saturated heterocycles. The second-order valence-electron chi connectivity index (χ2n) is 4.77. The van der Waals surface area contributed by atoms with Gasteiger partial charge in [-0.1, -0.05) is 19.9 Å². The summed E-state index contributed by atoms with van der Waals surface area (Å²) in [5, 5.41) is 0. The van der Waals surface area contributed by atoms with E-state index in [-0.39, 0.29) is 11.8 Å².